The topological polar surface area (TPSA) is 47.9 Å². The number of thioether (sulfide) groups is 1. The lowest BCUT2D eigenvalue weighted by atomic mass is 10.0. The molecule has 3 rings (SSSR count). The van der Waals surface area contributed by atoms with E-state index in [-0.39, 0.29) is 0 Å². The Kier molecular flexibility index (Phi) is 5.20. The van der Waals surface area contributed by atoms with Crippen LogP contribution in [0.25, 0.3) is 10.9 Å². The molecule has 2 aromatic heterocycles. The number of benzene rings is 1. The predicted octanol–water partition coefficient (Wildman–Crippen LogP) is 3.87. The summed E-state index contributed by atoms with van der Waals surface area (Å²) in [6.07, 6.45) is 6.56. The highest BCUT2D eigenvalue weighted by molar-refractivity contribution is 7.98. The number of para-hydroxylation sites is 1. The molecule has 118 valence electrons. The van der Waals surface area contributed by atoms with Gasteiger partial charge in [-0.2, -0.15) is 0 Å². The quantitative estimate of drug-likeness (QED) is 0.508. The summed E-state index contributed by atoms with van der Waals surface area (Å²) in [6.45, 7) is 3.22. The fraction of sp³-hybridized carbons (Fsp3) is 0.278. The molecule has 0 amide bonds. The van der Waals surface area contributed by atoms with Crippen LogP contribution in [0.5, 0.6) is 0 Å². The Morgan fingerprint density at radius 1 is 1.13 bits per heavy atom. The highest BCUT2D eigenvalue weighted by atomic mass is 32.2. The smallest absolute Gasteiger partial charge is 0.187 e. The van der Waals surface area contributed by atoms with Crippen molar-refractivity contribution in [3.63, 3.8) is 0 Å². The molecule has 0 fully saturated rings. The lowest BCUT2D eigenvalue weighted by Gasteiger charge is -2.10. The number of rotatable bonds is 6. The highest BCUT2D eigenvalue weighted by Crippen LogP contribution is 2.22. The van der Waals surface area contributed by atoms with Crippen LogP contribution in [0.4, 0.5) is 0 Å². The number of ether oxygens (including phenoxy) is 1. The van der Waals surface area contributed by atoms with Gasteiger partial charge in [-0.05, 0) is 36.4 Å². The Morgan fingerprint density at radius 2 is 1.91 bits per heavy atom. The minimum absolute atomic E-state index is 0.538. The molecular formula is C18H19N3OS. The number of aromatic nitrogens is 3. The van der Waals surface area contributed by atoms with Gasteiger partial charge in [0.05, 0.1) is 17.8 Å². The number of pyridine rings is 1. The Labute approximate surface area is 140 Å². The summed E-state index contributed by atoms with van der Waals surface area (Å²) >= 11 is 1.55. The summed E-state index contributed by atoms with van der Waals surface area (Å²) in [7, 11) is 0. The van der Waals surface area contributed by atoms with Crippen molar-refractivity contribution >= 4 is 22.7 Å². The lowest BCUT2D eigenvalue weighted by molar-refractivity contribution is 0.131. The first-order valence-electron chi connectivity index (χ1n) is 7.60. The minimum atomic E-state index is 0.538. The standard InChI is InChI=1S/C18H19N3OS/c1-3-22-12-15-9-14(16-6-4-5-7-17(16)21-15)8-13-10-19-18(23-2)20-11-13/h4-7,9-11H,3,8,12H2,1-2H3. The molecule has 0 bridgehead atoms. The summed E-state index contributed by atoms with van der Waals surface area (Å²) in [5.41, 5.74) is 4.29. The van der Waals surface area contributed by atoms with E-state index in [1.807, 2.05) is 43.8 Å². The van der Waals surface area contributed by atoms with E-state index in [2.05, 4.69) is 27.1 Å². The number of hydrogen-bond donors (Lipinski definition) is 0. The van der Waals surface area contributed by atoms with Crippen LogP contribution in [0.3, 0.4) is 0 Å². The zero-order valence-electron chi connectivity index (χ0n) is 13.3. The van der Waals surface area contributed by atoms with E-state index in [0.29, 0.717) is 13.2 Å². The van der Waals surface area contributed by atoms with E-state index in [0.717, 1.165) is 28.4 Å². The molecule has 0 unspecified atom stereocenters. The van der Waals surface area contributed by atoms with E-state index < -0.39 is 0 Å². The molecule has 5 heteroatoms. The number of fused-ring (bicyclic) bond motifs is 1. The van der Waals surface area contributed by atoms with Crippen LogP contribution in [0.2, 0.25) is 0 Å². The molecular weight excluding hydrogens is 306 g/mol. The summed E-state index contributed by atoms with van der Waals surface area (Å²) in [6, 6.07) is 10.3. The van der Waals surface area contributed by atoms with Crippen LogP contribution >= 0.6 is 11.8 Å². The van der Waals surface area contributed by atoms with Crippen LogP contribution < -0.4 is 0 Å². The SMILES string of the molecule is CCOCc1cc(Cc2cnc(SC)nc2)c2ccccc2n1. The largest absolute Gasteiger partial charge is 0.375 e. The van der Waals surface area contributed by atoms with E-state index in [9.17, 15) is 0 Å². The first-order chi connectivity index (χ1) is 11.3. The van der Waals surface area contributed by atoms with Crippen molar-refractivity contribution in [2.24, 2.45) is 0 Å². The second kappa shape index (κ2) is 7.53. The third-order valence-corrected chi connectivity index (χ3v) is 4.14. The highest BCUT2D eigenvalue weighted by Gasteiger charge is 2.07. The summed E-state index contributed by atoms with van der Waals surface area (Å²) in [5, 5.41) is 1.96. The third-order valence-electron chi connectivity index (χ3n) is 3.57. The van der Waals surface area contributed by atoms with Crippen molar-refractivity contribution in [1.82, 2.24) is 15.0 Å². The number of hydrogen-bond acceptors (Lipinski definition) is 5. The first-order valence-corrected chi connectivity index (χ1v) is 8.83. The fourth-order valence-electron chi connectivity index (χ4n) is 2.49. The maximum Gasteiger partial charge on any atom is 0.187 e. The summed E-state index contributed by atoms with van der Waals surface area (Å²) in [5.74, 6) is 0. The normalized spacial score (nSPS) is 11.0. The van der Waals surface area contributed by atoms with Gasteiger partial charge >= 0.3 is 0 Å². The maximum absolute atomic E-state index is 5.51. The van der Waals surface area contributed by atoms with Crippen molar-refractivity contribution in [3.8, 4) is 0 Å². The zero-order valence-corrected chi connectivity index (χ0v) is 14.1. The third kappa shape index (κ3) is 3.86. The van der Waals surface area contributed by atoms with Crippen LogP contribution in [0.1, 0.15) is 23.7 Å². The Hall–Kier alpha value is -1.98. The van der Waals surface area contributed by atoms with Crippen molar-refractivity contribution in [3.05, 3.63) is 59.5 Å². The summed E-state index contributed by atoms with van der Waals surface area (Å²) in [4.78, 5) is 13.4. The molecule has 4 nitrogen and oxygen atoms in total. The first kappa shape index (κ1) is 15.9. The summed E-state index contributed by atoms with van der Waals surface area (Å²) < 4.78 is 5.51. The maximum atomic E-state index is 5.51. The van der Waals surface area contributed by atoms with Gasteiger partial charge in [0.1, 0.15) is 0 Å². The van der Waals surface area contributed by atoms with Gasteiger partial charge in [-0.3, -0.25) is 4.98 Å². The molecule has 0 saturated heterocycles. The lowest BCUT2D eigenvalue weighted by Crippen LogP contribution is -2.00. The van der Waals surface area contributed by atoms with E-state index in [1.54, 1.807) is 11.8 Å². The van der Waals surface area contributed by atoms with Crippen LogP contribution in [-0.2, 0) is 17.8 Å². The monoisotopic (exact) mass is 325 g/mol. The van der Waals surface area contributed by atoms with E-state index in [4.69, 9.17) is 4.74 Å². The van der Waals surface area contributed by atoms with Crippen molar-refractivity contribution in [1.29, 1.82) is 0 Å². The predicted molar refractivity (Wildman–Crippen MR) is 93.7 cm³/mol. The van der Waals surface area contributed by atoms with Crippen LogP contribution in [0.15, 0.2) is 47.9 Å². The molecule has 0 aliphatic rings. The van der Waals surface area contributed by atoms with E-state index in [1.165, 1.54) is 10.9 Å². The molecule has 0 spiro atoms. The second-order valence-electron chi connectivity index (χ2n) is 5.18. The Balaban J connectivity index is 1.96. The molecule has 0 atom stereocenters. The average Bonchev–Trinajstić information content (AvgIpc) is 2.60. The second-order valence-corrected chi connectivity index (χ2v) is 5.96. The number of nitrogens with zero attached hydrogens (tertiary/aromatic N) is 3. The zero-order chi connectivity index (χ0) is 16.1. The van der Waals surface area contributed by atoms with Gasteiger partial charge in [0, 0.05) is 30.8 Å². The molecule has 0 saturated carbocycles. The van der Waals surface area contributed by atoms with Crippen molar-refractivity contribution < 1.29 is 4.74 Å². The molecule has 0 aliphatic carbocycles. The molecule has 0 N–H and O–H groups in total. The molecule has 0 aliphatic heterocycles. The molecule has 1 aromatic carbocycles. The van der Waals surface area contributed by atoms with Crippen molar-refractivity contribution in [2.45, 2.75) is 25.1 Å². The van der Waals surface area contributed by atoms with Gasteiger partial charge in [-0.15, -0.1) is 0 Å². The Bertz CT molecular complexity index is 790. The van der Waals surface area contributed by atoms with Gasteiger partial charge in [-0.1, -0.05) is 30.0 Å². The van der Waals surface area contributed by atoms with Gasteiger partial charge in [0.2, 0.25) is 0 Å². The van der Waals surface area contributed by atoms with Gasteiger partial charge < -0.3 is 4.74 Å². The van der Waals surface area contributed by atoms with Gasteiger partial charge in [0.25, 0.3) is 0 Å². The molecule has 23 heavy (non-hydrogen) atoms. The van der Waals surface area contributed by atoms with Crippen LogP contribution in [-0.4, -0.2) is 27.8 Å². The van der Waals surface area contributed by atoms with Crippen LogP contribution in [0, 0.1) is 0 Å². The Morgan fingerprint density at radius 3 is 2.65 bits per heavy atom. The molecule has 2 heterocycles. The van der Waals surface area contributed by atoms with E-state index >= 15 is 0 Å². The minimum Gasteiger partial charge on any atom is -0.375 e. The molecule has 3 aromatic rings. The molecule has 0 radical (unpaired) electrons. The van der Waals surface area contributed by atoms with Crippen molar-refractivity contribution in [2.75, 3.05) is 12.9 Å². The fourth-order valence-corrected chi connectivity index (χ4v) is 2.81. The van der Waals surface area contributed by atoms with Gasteiger partial charge in [-0.25, -0.2) is 9.97 Å². The van der Waals surface area contributed by atoms with Gasteiger partial charge in [0.15, 0.2) is 5.16 Å². The average molecular weight is 325 g/mol.